The molecule has 0 saturated carbocycles. The molecule has 28 heavy (non-hydrogen) atoms. The van der Waals surface area contributed by atoms with Crippen LogP contribution in [0.2, 0.25) is 0 Å². The molecule has 0 amide bonds. The zero-order valence-corrected chi connectivity index (χ0v) is 15.5. The van der Waals surface area contributed by atoms with Gasteiger partial charge in [0.05, 0.1) is 11.0 Å². The third kappa shape index (κ3) is 4.79. The highest BCUT2D eigenvalue weighted by atomic mass is 19.1. The molecule has 0 aromatic heterocycles. The van der Waals surface area contributed by atoms with Gasteiger partial charge in [0.15, 0.2) is 0 Å². The van der Waals surface area contributed by atoms with Crippen LogP contribution in [0.1, 0.15) is 18.1 Å². The van der Waals surface area contributed by atoms with Crippen LogP contribution < -0.4 is 4.90 Å². The smallest absolute Gasteiger partial charge is 0.297 e. The molecule has 5 nitrogen and oxygen atoms in total. The Morgan fingerprint density at radius 2 is 1.79 bits per heavy atom. The molecule has 0 aliphatic rings. The average Bonchev–Trinajstić information content (AvgIpc) is 2.72. The van der Waals surface area contributed by atoms with Crippen LogP contribution in [0.3, 0.4) is 0 Å². The second-order valence-corrected chi connectivity index (χ2v) is 6.24. The summed E-state index contributed by atoms with van der Waals surface area (Å²) in [4.78, 5) is 16.8. The van der Waals surface area contributed by atoms with Crippen molar-refractivity contribution in [2.45, 2.75) is 13.5 Å². The lowest BCUT2D eigenvalue weighted by atomic mass is 10.1. The van der Waals surface area contributed by atoms with Crippen LogP contribution in [0, 0.1) is 15.9 Å². The highest BCUT2D eigenvalue weighted by Crippen LogP contribution is 2.27. The number of hydrogen-bond donors (Lipinski definition) is 0. The fourth-order valence-electron chi connectivity index (χ4n) is 2.86. The van der Waals surface area contributed by atoms with E-state index in [1.54, 1.807) is 0 Å². The van der Waals surface area contributed by atoms with Gasteiger partial charge in [-0.15, -0.1) is 0 Å². The minimum Gasteiger partial charge on any atom is -0.367 e. The van der Waals surface area contributed by atoms with E-state index in [-0.39, 0.29) is 11.4 Å². The summed E-state index contributed by atoms with van der Waals surface area (Å²) in [6.07, 6.45) is 1.54. The Bertz CT molecular complexity index is 973. The summed E-state index contributed by atoms with van der Waals surface area (Å²) in [6.45, 7) is 3.78. The lowest BCUT2D eigenvalue weighted by Gasteiger charge is -2.23. The van der Waals surface area contributed by atoms with Gasteiger partial charge < -0.3 is 4.90 Å². The van der Waals surface area contributed by atoms with Crippen molar-refractivity contribution < 1.29 is 9.31 Å². The first-order valence-electron chi connectivity index (χ1n) is 8.94. The number of nitro benzene ring substituents is 1. The Labute approximate surface area is 162 Å². The van der Waals surface area contributed by atoms with Gasteiger partial charge in [-0.2, -0.15) is 0 Å². The highest BCUT2D eigenvalue weighted by molar-refractivity contribution is 5.83. The molecule has 0 fully saturated rings. The van der Waals surface area contributed by atoms with Gasteiger partial charge >= 0.3 is 0 Å². The van der Waals surface area contributed by atoms with Gasteiger partial charge in [0.1, 0.15) is 11.5 Å². The maximum atomic E-state index is 13.2. The minimum atomic E-state index is -0.659. The van der Waals surface area contributed by atoms with Crippen molar-refractivity contribution in [1.82, 2.24) is 0 Å². The zero-order valence-electron chi connectivity index (χ0n) is 15.5. The summed E-state index contributed by atoms with van der Waals surface area (Å²) in [7, 11) is 0. The zero-order chi connectivity index (χ0) is 19.9. The lowest BCUT2D eigenvalue weighted by molar-refractivity contribution is -0.384. The van der Waals surface area contributed by atoms with Crippen molar-refractivity contribution in [1.29, 1.82) is 0 Å². The Balaban J connectivity index is 1.75. The van der Waals surface area contributed by atoms with Crippen LogP contribution >= 0.6 is 0 Å². The Kier molecular flexibility index (Phi) is 6.11. The molecule has 3 rings (SSSR count). The van der Waals surface area contributed by atoms with Crippen LogP contribution in [-0.4, -0.2) is 17.7 Å². The van der Waals surface area contributed by atoms with Crippen molar-refractivity contribution in [2.75, 3.05) is 11.4 Å². The summed E-state index contributed by atoms with van der Waals surface area (Å²) in [5.74, 6) is -0.659. The van der Waals surface area contributed by atoms with Gasteiger partial charge in [-0.3, -0.25) is 10.1 Å². The predicted molar refractivity (Wildman–Crippen MR) is 110 cm³/mol. The molecule has 0 aliphatic heterocycles. The largest absolute Gasteiger partial charge is 0.367 e. The molecule has 0 bridgehead atoms. The maximum absolute atomic E-state index is 13.2. The molecule has 0 N–H and O–H groups in total. The van der Waals surface area contributed by atoms with Gasteiger partial charge in [-0.1, -0.05) is 42.5 Å². The number of halogens is 1. The predicted octanol–water partition coefficient (Wildman–Crippen LogP) is 5.51. The average molecular weight is 377 g/mol. The van der Waals surface area contributed by atoms with Gasteiger partial charge in [-0.05, 0) is 42.3 Å². The van der Waals surface area contributed by atoms with Crippen molar-refractivity contribution in [2.24, 2.45) is 4.99 Å². The molecule has 6 heteroatoms. The monoisotopic (exact) mass is 377 g/mol. The maximum Gasteiger partial charge on any atom is 0.297 e. The number of nitro groups is 1. The third-order valence-corrected chi connectivity index (χ3v) is 4.34. The molecule has 0 aliphatic carbocycles. The molecule has 0 radical (unpaired) electrons. The summed E-state index contributed by atoms with van der Waals surface area (Å²) in [5, 5.41) is 11.0. The van der Waals surface area contributed by atoms with E-state index >= 15 is 0 Å². The standard InChI is InChI=1S/C22H20FN3O2/c1-2-25(16-18-6-4-3-5-7-18)20-11-8-17(9-12-20)15-24-21-13-10-19(23)14-22(21)26(27)28/h3-15H,2,16H2,1H3. The first-order chi connectivity index (χ1) is 13.6. The van der Waals surface area contributed by atoms with E-state index in [1.807, 2.05) is 42.5 Å². The highest BCUT2D eigenvalue weighted by Gasteiger charge is 2.13. The van der Waals surface area contributed by atoms with E-state index < -0.39 is 10.7 Å². The van der Waals surface area contributed by atoms with Crippen molar-refractivity contribution in [3.05, 3.63) is 99.9 Å². The Hall–Kier alpha value is -3.54. The van der Waals surface area contributed by atoms with Crippen molar-refractivity contribution in [3.8, 4) is 0 Å². The van der Waals surface area contributed by atoms with E-state index in [1.165, 1.54) is 17.8 Å². The molecule has 0 saturated heterocycles. The minimum absolute atomic E-state index is 0.120. The second kappa shape index (κ2) is 8.90. The quantitative estimate of drug-likeness (QED) is 0.310. The molecule has 0 unspecified atom stereocenters. The fraction of sp³-hybridized carbons (Fsp3) is 0.136. The first kappa shape index (κ1) is 19.2. The first-order valence-corrected chi connectivity index (χ1v) is 8.94. The van der Waals surface area contributed by atoms with E-state index in [0.717, 1.165) is 36.5 Å². The van der Waals surface area contributed by atoms with E-state index in [9.17, 15) is 14.5 Å². The fourth-order valence-corrected chi connectivity index (χ4v) is 2.86. The van der Waals surface area contributed by atoms with Gasteiger partial charge in [-0.25, -0.2) is 9.38 Å². The second-order valence-electron chi connectivity index (χ2n) is 6.24. The normalized spacial score (nSPS) is 10.9. The molecular formula is C22H20FN3O2. The Morgan fingerprint density at radius 1 is 1.07 bits per heavy atom. The van der Waals surface area contributed by atoms with Crippen LogP contribution in [0.25, 0.3) is 0 Å². The van der Waals surface area contributed by atoms with Crippen LogP contribution in [0.15, 0.2) is 77.8 Å². The molecule has 142 valence electrons. The van der Waals surface area contributed by atoms with E-state index in [2.05, 4.69) is 28.9 Å². The summed E-state index contributed by atoms with van der Waals surface area (Å²) < 4.78 is 13.2. The number of rotatable bonds is 7. The molecule has 0 heterocycles. The van der Waals surface area contributed by atoms with Gasteiger partial charge in [0.25, 0.3) is 5.69 Å². The third-order valence-electron chi connectivity index (χ3n) is 4.34. The summed E-state index contributed by atoms with van der Waals surface area (Å²) >= 11 is 0. The number of anilines is 1. The number of aliphatic imine (C=N–C) groups is 1. The van der Waals surface area contributed by atoms with Crippen LogP contribution in [0.4, 0.5) is 21.5 Å². The van der Waals surface area contributed by atoms with Crippen molar-refractivity contribution in [3.63, 3.8) is 0 Å². The molecular weight excluding hydrogens is 357 g/mol. The van der Waals surface area contributed by atoms with Gasteiger partial charge in [0.2, 0.25) is 0 Å². The molecule has 3 aromatic rings. The van der Waals surface area contributed by atoms with Crippen LogP contribution in [0.5, 0.6) is 0 Å². The van der Waals surface area contributed by atoms with Gasteiger partial charge in [0, 0.05) is 25.0 Å². The number of benzene rings is 3. The summed E-state index contributed by atoms with van der Waals surface area (Å²) in [6, 6.07) is 21.4. The van der Waals surface area contributed by atoms with E-state index in [4.69, 9.17) is 0 Å². The topological polar surface area (TPSA) is 58.7 Å². The molecule has 0 spiro atoms. The lowest BCUT2D eigenvalue weighted by Crippen LogP contribution is -2.21. The molecule has 0 atom stereocenters. The number of hydrogen-bond acceptors (Lipinski definition) is 4. The summed E-state index contributed by atoms with van der Waals surface area (Å²) in [5.41, 5.74) is 2.88. The SMILES string of the molecule is CCN(Cc1ccccc1)c1ccc(C=Nc2ccc(F)cc2[N+](=O)[O-])cc1. The van der Waals surface area contributed by atoms with Crippen LogP contribution in [-0.2, 0) is 6.54 Å². The number of nitrogens with zero attached hydrogens (tertiary/aromatic N) is 3. The van der Waals surface area contributed by atoms with E-state index in [0.29, 0.717) is 0 Å². The van der Waals surface area contributed by atoms with Crippen molar-refractivity contribution >= 4 is 23.3 Å². The Morgan fingerprint density at radius 3 is 2.43 bits per heavy atom. The molecule has 3 aromatic carbocycles.